The molecule has 2 rings (SSSR count). The average molecular weight is 283 g/mol. The molecule has 3 amide bonds. The van der Waals surface area contributed by atoms with Gasteiger partial charge in [0, 0.05) is 17.9 Å². The molecule has 1 aliphatic heterocycles. The van der Waals surface area contributed by atoms with Gasteiger partial charge in [0.2, 0.25) is 5.91 Å². The van der Waals surface area contributed by atoms with Gasteiger partial charge in [-0.2, -0.15) is 0 Å². The summed E-state index contributed by atoms with van der Waals surface area (Å²) >= 11 is 5.45. The maximum Gasteiger partial charge on any atom is 0.324 e. The van der Waals surface area contributed by atoms with Gasteiger partial charge in [0.1, 0.15) is 12.4 Å². The third-order valence-corrected chi connectivity index (χ3v) is 3.00. The van der Waals surface area contributed by atoms with Gasteiger partial charge in [0.05, 0.1) is 13.1 Å². The number of rotatable bonds is 2. The summed E-state index contributed by atoms with van der Waals surface area (Å²) in [6, 6.07) is 7.15. The van der Waals surface area contributed by atoms with Crippen molar-refractivity contribution in [1.82, 2.24) is 10.2 Å². The van der Waals surface area contributed by atoms with Gasteiger partial charge in [-0.1, -0.05) is 18.2 Å². The molecule has 0 saturated heterocycles. The zero-order valence-electron chi connectivity index (χ0n) is 10.4. The summed E-state index contributed by atoms with van der Waals surface area (Å²) in [4.78, 5) is 24.8. The monoisotopic (exact) mass is 282 g/mol. The quantitative estimate of drug-likeness (QED) is 0.841. The van der Waals surface area contributed by atoms with Crippen molar-refractivity contribution in [2.45, 2.75) is 13.0 Å². The van der Waals surface area contributed by atoms with Crippen molar-refractivity contribution in [3.05, 3.63) is 29.8 Å². The van der Waals surface area contributed by atoms with E-state index in [2.05, 4.69) is 5.32 Å². The summed E-state index contributed by atoms with van der Waals surface area (Å²) in [5.74, 6) is 0.619. The number of carbonyl (C=O) groups is 2. The van der Waals surface area contributed by atoms with E-state index in [0.29, 0.717) is 19.7 Å². The van der Waals surface area contributed by atoms with Gasteiger partial charge in [-0.15, -0.1) is 11.6 Å². The number of halogens is 1. The molecule has 1 aromatic carbocycles. The number of carbonyl (C=O) groups excluding carboxylic acids is 2. The van der Waals surface area contributed by atoms with Crippen molar-refractivity contribution >= 4 is 23.5 Å². The fourth-order valence-corrected chi connectivity index (χ4v) is 2.02. The smallest absolute Gasteiger partial charge is 0.324 e. The number of hydrogen-bond donors (Lipinski definition) is 1. The van der Waals surface area contributed by atoms with Crippen LogP contribution in [0.15, 0.2) is 24.3 Å². The van der Waals surface area contributed by atoms with E-state index in [9.17, 15) is 9.59 Å². The van der Waals surface area contributed by atoms with Crippen LogP contribution in [0.1, 0.15) is 12.0 Å². The van der Waals surface area contributed by atoms with E-state index in [1.807, 2.05) is 24.3 Å². The first kappa shape index (κ1) is 13.7. The Kier molecular flexibility index (Phi) is 4.63. The Morgan fingerprint density at radius 1 is 1.37 bits per heavy atom. The average Bonchev–Trinajstić information content (AvgIpc) is 2.61. The SMILES string of the molecule is O=C(CCCl)NC(=O)N1CCOc2ccccc2C1. The molecular weight excluding hydrogens is 268 g/mol. The predicted octanol–water partition coefficient (Wildman–Crippen LogP) is 1.75. The molecule has 1 heterocycles. The summed E-state index contributed by atoms with van der Waals surface area (Å²) in [5.41, 5.74) is 0.931. The van der Waals surface area contributed by atoms with Crippen LogP contribution in [0.2, 0.25) is 0 Å². The number of nitrogens with one attached hydrogen (secondary N) is 1. The highest BCUT2D eigenvalue weighted by molar-refractivity contribution is 6.19. The molecule has 1 aliphatic rings. The number of para-hydroxylation sites is 1. The van der Waals surface area contributed by atoms with E-state index in [0.717, 1.165) is 11.3 Å². The lowest BCUT2D eigenvalue weighted by Crippen LogP contribution is -2.43. The number of benzene rings is 1. The Morgan fingerprint density at radius 2 is 2.16 bits per heavy atom. The van der Waals surface area contributed by atoms with Gasteiger partial charge < -0.3 is 9.64 Å². The Bertz CT molecular complexity index is 479. The molecule has 0 fully saturated rings. The fraction of sp³-hybridized carbons (Fsp3) is 0.385. The lowest BCUT2D eigenvalue weighted by molar-refractivity contribution is -0.119. The summed E-state index contributed by atoms with van der Waals surface area (Å²) in [6.45, 7) is 1.28. The highest BCUT2D eigenvalue weighted by Gasteiger charge is 2.20. The van der Waals surface area contributed by atoms with Gasteiger partial charge in [0.25, 0.3) is 0 Å². The van der Waals surface area contributed by atoms with Gasteiger partial charge in [-0.05, 0) is 6.07 Å². The number of hydrogen-bond acceptors (Lipinski definition) is 3. The summed E-state index contributed by atoms with van der Waals surface area (Å²) < 4.78 is 5.55. The van der Waals surface area contributed by atoms with Crippen molar-refractivity contribution in [2.24, 2.45) is 0 Å². The second-order valence-corrected chi connectivity index (χ2v) is 4.55. The Morgan fingerprint density at radius 3 is 2.95 bits per heavy atom. The van der Waals surface area contributed by atoms with Crippen LogP contribution in [0, 0.1) is 0 Å². The number of urea groups is 1. The zero-order valence-corrected chi connectivity index (χ0v) is 11.2. The Labute approximate surface area is 116 Å². The number of fused-ring (bicyclic) bond motifs is 1. The highest BCUT2D eigenvalue weighted by atomic mass is 35.5. The van der Waals surface area contributed by atoms with Crippen LogP contribution in [0.3, 0.4) is 0 Å². The van der Waals surface area contributed by atoms with Crippen LogP contribution < -0.4 is 10.1 Å². The number of alkyl halides is 1. The van der Waals surface area contributed by atoms with Crippen molar-refractivity contribution in [2.75, 3.05) is 19.0 Å². The summed E-state index contributed by atoms with van der Waals surface area (Å²) in [5, 5.41) is 2.32. The molecule has 19 heavy (non-hydrogen) atoms. The predicted molar refractivity (Wildman–Crippen MR) is 71.2 cm³/mol. The second kappa shape index (κ2) is 6.43. The highest BCUT2D eigenvalue weighted by Crippen LogP contribution is 2.22. The lowest BCUT2D eigenvalue weighted by Gasteiger charge is -2.19. The first-order valence-corrected chi connectivity index (χ1v) is 6.59. The molecule has 0 atom stereocenters. The molecule has 0 aliphatic carbocycles. The van der Waals surface area contributed by atoms with Crippen LogP contribution >= 0.6 is 11.6 Å². The van der Waals surface area contributed by atoms with Crippen molar-refractivity contribution in [3.63, 3.8) is 0 Å². The Balaban J connectivity index is 2.02. The molecule has 1 aromatic rings. The molecule has 0 radical (unpaired) electrons. The lowest BCUT2D eigenvalue weighted by atomic mass is 10.2. The minimum atomic E-state index is -0.407. The van der Waals surface area contributed by atoms with Gasteiger partial charge in [-0.25, -0.2) is 4.79 Å². The standard InChI is InChI=1S/C13H15ClN2O3/c14-6-5-12(17)15-13(18)16-7-8-19-11-4-2-1-3-10(11)9-16/h1-4H,5-9H2,(H,15,17,18). The molecule has 0 bridgehead atoms. The normalized spacial score (nSPS) is 14.1. The van der Waals surface area contributed by atoms with Crippen molar-refractivity contribution < 1.29 is 14.3 Å². The maximum absolute atomic E-state index is 11.9. The van der Waals surface area contributed by atoms with Crippen LogP contribution in [0.25, 0.3) is 0 Å². The number of ether oxygens (including phenoxy) is 1. The Hall–Kier alpha value is -1.75. The van der Waals surface area contributed by atoms with Crippen LogP contribution in [-0.2, 0) is 11.3 Å². The van der Waals surface area contributed by atoms with E-state index >= 15 is 0 Å². The minimum Gasteiger partial charge on any atom is -0.491 e. The van der Waals surface area contributed by atoms with Gasteiger partial charge in [0.15, 0.2) is 0 Å². The molecule has 0 unspecified atom stereocenters. The minimum absolute atomic E-state index is 0.133. The van der Waals surface area contributed by atoms with E-state index in [4.69, 9.17) is 16.3 Å². The van der Waals surface area contributed by atoms with Crippen molar-refractivity contribution in [3.8, 4) is 5.75 Å². The molecule has 6 heteroatoms. The molecule has 5 nitrogen and oxygen atoms in total. The number of amides is 3. The van der Waals surface area contributed by atoms with Crippen LogP contribution in [0.5, 0.6) is 5.75 Å². The van der Waals surface area contributed by atoms with Crippen LogP contribution in [-0.4, -0.2) is 35.9 Å². The van der Waals surface area contributed by atoms with E-state index in [1.165, 1.54) is 0 Å². The first-order chi connectivity index (χ1) is 9.20. The van der Waals surface area contributed by atoms with Gasteiger partial charge in [-0.3, -0.25) is 10.1 Å². The first-order valence-electron chi connectivity index (χ1n) is 6.06. The number of imide groups is 1. The van der Waals surface area contributed by atoms with Gasteiger partial charge >= 0.3 is 6.03 Å². The maximum atomic E-state index is 11.9. The summed E-state index contributed by atoms with van der Waals surface area (Å²) in [6.07, 6.45) is 0.133. The molecular formula is C13H15ClN2O3. The fourth-order valence-electron chi connectivity index (χ4n) is 1.85. The third kappa shape index (κ3) is 3.61. The van der Waals surface area contributed by atoms with Crippen molar-refractivity contribution in [1.29, 1.82) is 0 Å². The van der Waals surface area contributed by atoms with Crippen LogP contribution in [0.4, 0.5) is 4.79 Å². The topological polar surface area (TPSA) is 58.6 Å². The zero-order chi connectivity index (χ0) is 13.7. The summed E-state index contributed by atoms with van der Waals surface area (Å²) in [7, 11) is 0. The second-order valence-electron chi connectivity index (χ2n) is 4.17. The molecule has 0 saturated carbocycles. The van der Waals surface area contributed by atoms with E-state index in [-0.39, 0.29) is 18.2 Å². The third-order valence-electron chi connectivity index (χ3n) is 2.81. The van der Waals surface area contributed by atoms with E-state index in [1.54, 1.807) is 4.90 Å². The molecule has 102 valence electrons. The molecule has 1 N–H and O–H groups in total. The molecule has 0 aromatic heterocycles. The molecule has 0 spiro atoms. The van der Waals surface area contributed by atoms with E-state index < -0.39 is 6.03 Å². The largest absolute Gasteiger partial charge is 0.491 e. The number of nitrogens with zero attached hydrogens (tertiary/aromatic N) is 1.